The second-order valence-corrected chi connectivity index (χ2v) is 10.1. The Morgan fingerprint density at radius 1 is 0.750 bits per heavy atom. The molecule has 0 saturated carbocycles. The summed E-state index contributed by atoms with van der Waals surface area (Å²) in [6.45, 7) is 0. The van der Waals surface area contributed by atoms with Gasteiger partial charge in [-0.3, -0.25) is 19.8 Å². The van der Waals surface area contributed by atoms with Crippen LogP contribution in [0.2, 0.25) is 0 Å². The molecule has 0 bridgehead atoms. The predicted octanol–water partition coefficient (Wildman–Crippen LogP) is 6.51. The second kappa shape index (κ2) is 12.2. The van der Waals surface area contributed by atoms with Crippen molar-refractivity contribution >= 4 is 40.9 Å². The number of amides is 2. The van der Waals surface area contributed by atoms with Crippen LogP contribution in [0.1, 0.15) is 5.56 Å². The predicted molar refractivity (Wildman–Crippen MR) is 171 cm³/mol. The molecule has 9 nitrogen and oxygen atoms in total. The zero-order valence-electron chi connectivity index (χ0n) is 23.8. The molecule has 10 heteroatoms. The molecule has 0 aliphatic carbocycles. The van der Waals surface area contributed by atoms with Gasteiger partial charge in [0.2, 0.25) is 5.88 Å². The van der Waals surface area contributed by atoms with Crippen molar-refractivity contribution < 1.29 is 23.8 Å². The number of aromatic nitrogens is 2. The van der Waals surface area contributed by atoms with Crippen LogP contribution in [-0.4, -0.2) is 33.8 Å². The Bertz CT molecular complexity index is 1870. The van der Waals surface area contributed by atoms with Gasteiger partial charge < -0.3 is 14.2 Å². The smallest absolute Gasteiger partial charge is 0.270 e. The Kier molecular flexibility index (Phi) is 7.90. The van der Waals surface area contributed by atoms with Crippen molar-refractivity contribution in [3.05, 3.63) is 120 Å². The highest BCUT2D eigenvalue weighted by Crippen LogP contribution is 2.36. The van der Waals surface area contributed by atoms with Crippen LogP contribution in [0, 0.1) is 0 Å². The number of carbonyl (C=O) groups is 2. The largest absolute Gasteiger partial charge is 0.497 e. The fraction of sp³-hybridized carbons (Fsp3) is 0.0588. The van der Waals surface area contributed by atoms with E-state index in [4.69, 9.17) is 26.4 Å². The minimum Gasteiger partial charge on any atom is -0.497 e. The van der Waals surface area contributed by atoms with Gasteiger partial charge in [0.1, 0.15) is 34.3 Å². The van der Waals surface area contributed by atoms with Crippen molar-refractivity contribution in [1.29, 1.82) is 0 Å². The molecule has 0 unspecified atom stereocenters. The molecule has 1 N–H and O–H groups in total. The first-order valence-corrected chi connectivity index (χ1v) is 14.0. The van der Waals surface area contributed by atoms with Crippen LogP contribution in [0.4, 0.5) is 5.69 Å². The molecule has 0 spiro atoms. The molecule has 0 radical (unpaired) electrons. The number of benzene rings is 4. The standard InChI is InChI=1S/C34H26N4O5S/c1-37-33(43-27-19-17-24(41-2)18-20-27)28(30(36-37)22-9-5-3-6-10-22)21-29-31(39)35-34(44)38(32(29)40)23-13-15-26(16-14-23)42-25-11-7-4-8-12-25/h3-21H,1-2H3,(H,35,39,44)/b29-21+. The van der Waals surface area contributed by atoms with Crippen molar-refractivity contribution in [3.8, 4) is 40.1 Å². The van der Waals surface area contributed by atoms with Crippen LogP contribution in [0.15, 0.2) is 115 Å². The Hall–Kier alpha value is -5.74. The summed E-state index contributed by atoms with van der Waals surface area (Å²) in [5.41, 5.74) is 2.10. The molecule has 1 aliphatic heterocycles. The maximum atomic E-state index is 13.9. The van der Waals surface area contributed by atoms with Crippen LogP contribution < -0.4 is 24.4 Å². The normalized spacial score (nSPS) is 14.0. The lowest BCUT2D eigenvalue weighted by Gasteiger charge is -2.29. The number of nitrogens with zero attached hydrogens (tertiary/aromatic N) is 3. The summed E-state index contributed by atoms with van der Waals surface area (Å²) >= 11 is 5.42. The van der Waals surface area contributed by atoms with Crippen LogP contribution >= 0.6 is 12.2 Å². The molecule has 218 valence electrons. The van der Waals surface area contributed by atoms with E-state index in [1.165, 1.54) is 11.0 Å². The van der Waals surface area contributed by atoms with Gasteiger partial charge in [-0.25, -0.2) is 4.68 Å². The maximum absolute atomic E-state index is 13.9. The Morgan fingerprint density at radius 2 is 1.32 bits per heavy atom. The minimum absolute atomic E-state index is 0.0296. The lowest BCUT2D eigenvalue weighted by Crippen LogP contribution is -2.54. The number of methoxy groups -OCH3 is 1. The Balaban J connectivity index is 1.37. The van der Waals surface area contributed by atoms with Crippen LogP contribution in [0.5, 0.6) is 28.9 Å². The monoisotopic (exact) mass is 602 g/mol. The molecule has 44 heavy (non-hydrogen) atoms. The van der Waals surface area contributed by atoms with E-state index in [9.17, 15) is 9.59 Å². The number of para-hydroxylation sites is 1. The highest BCUT2D eigenvalue weighted by molar-refractivity contribution is 7.80. The number of rotatable bonds is 8. The molecule has 2 heterocycles. The molecule has 1 saturated heterocycles. The van der Waals surface area contributed by atoms with E-state index in [1.54, 1.807) is 67.4 Å². The number of carbonyl (C=O) groups excluding carboxylic acids is 2. The maximum Gasteiger partial charge on any atom is 0.270 e. The van der Waals surface area contributed by atoms with Gasteiger partial charge >= 0.3 is 0 Å². The van der Waals surface area contributed by atoms with Crippen molar-refractivity contribution in [2.45, 2.75) is 0 Å². The summed E-state index contributed by atoms with van der Waals surface area (Å²) in [5.74, 6) is 1.58. The van der Waals surface area contributed by atoms with Gasteiger partial charge in [0, 0.05) is 12.6 Å². The van der Waals surface area contributed by atoms with Gasteiger partial charge in [-0.2, -0.15) is 5.10 Å². The summed E-state index contributed by atoms with van der Waals surface area (Å²) < 4.78 is 19.0. The number of anilines is 1. The summed E-state index contributed by atoms with van der Waals surface area (Å²) in [7, 11) is 3.32. The van der Waals surface area contributed by atoms with Gasteiger partial charge in [0.15, 0.2) is 5.11 Å². The highest BCUT2D eigenvalue weighted by atomic mass is 32.1. The van der Waals surface area contributed by atoms with E-state index in [2.05, 4.69) is 10.4 Å². The summed E-state index contributed by atoms with van der Waals surface area (Å²) in [6.07, 6.45) is 1.49. The first kappa shape index (κ1) is 28.4. The lowest BCUT2D eigenvalue weighted by molar-refractivity contribution is -0.122. The molecule has 2 amide bonds. The van der Waals surface area contributed by atoms with Gasteiger partial charge in [-0.1, -0.05) is 48.5 Å². The van der Waals surface area contributed by atoms with E-state index >= 15 is 0 Å². The van der Waals surface area contributed by atoms with Gasteiger partial charge in [-0.15, -0.1) is 0 Å². The molecule has 1 aromatic heterocycles. The third-order valence-electron chi connectivity index (χ3n) is 6.81. The number of aryl methyl sites for hydroxylation is 1. The average molecular weight is 603 g/mol. The molecule has 0 atom stereocenters. The number of hydrogen-bond acceptors (Lipinski definition) is 7. The zero-order chi connectivity index (χ0) is 30.6. The van der Waals surface area contributed by atoms with Crippen LogP contribution in [0.3, 0.4) is 0 Å². The van der Waals surface area contributed by atoms with Gasteiger partial charge in [-0.05, 0) is 79.0 Å². The van der Waals surface area contributed by atoms with Gasteiger partial charge in [0.05, 0.1) is 18.4 Å². The first-order valence-electron chi connectivity index (χ1n) is 13.6. The Morgan fingerprint density at radius 3 is 1.98 bits per heavy atom. The molecule has 6 rings (SSSR count). The quantitative estimate of drug-likeness (QED) is 0.123. The van der Waals surface area contributed by atoms with Crippen molar-refractivity contribution in [3.63, 3.8) is 0 Å². The molecule has 5 aromatic rings. The summed E-state index contributed by atoms with van der Waals surface area (Å²) in [4.78, 5) is 28.4. The molecule has 4 aromatic carbocycles. The number of thiocarbonyl (C=S) groups is 1. The van der Waals surface area contributed by atoms with E-state index in [1.807, 2.05) is 60.7 Å². The second-order valence-electron chi connectivity index (χ2n) is 9.70. The SMILES string of the molecule is COc1ccc(Oc2c(/C=C3\C(=O)NC(=S)N(c4ccc(Oc5ccccc5)cc4)C3=O)c(-c3ccccc3)nn2C)cc1. The average Bonchev–Trinajstić information content (AvgIpc) is 3.35. The number of hydrogen-bond donors (Lipinski definition) is 1. The van der Waals surface area contributed by atoms with Crippen LogP contribution in [0.25, 0.3) is 17.3 Å². The number of nitrogens with one attached hydrogen (secondary N) is 1. The van der Waals surface area contributed by atoms with E-state index in [-0.39, 0.29) is 10.7 Å². The van der Waals surface area contributed by atoms with Crippen molar-refractivity contribution in [1.82, 2.24) is 15.1 Å². The van der Waals surface area contributed by atoms with Gasteiger partial charge in [0.25, 0.3) is 11.8 Å². The minimum atomic E-state index is -0.626. The van der Waals surface area contributed by atoms with Crippen molar-refractivity contribution in [2.75, 3.05) is 12.0 Å². The summed E-state index contributed by atoms with van der Waals surface area (Å²) in [5, 5.41) is 7.31. The molecular formula is C34H26N4O5S. The Labute approximate surface area is 258 Å². The first-order chi connectivity index (χ1) is 21.4. The highest BCUT2D eigenvalue weighted by Gasteiger charge is 2.35. The molecule has 1 aliphatic rings. The summed E-state index contributed by atoms with van der Waals surface area (Å²) in [6, 6.07) is 32.7. The third-order valence-corrected chi connectivity index (χ3v) is 7.10. The molecular weight excluding hydrogens is 576 g/mol. The van der Waals surface area contributed by atoms with E-state index in [0.29, 0.717) is 45.8 Å². The van der Waals surface area contributed by atoms with E-state index in [0.717, 1.165) is 5.56 Å². The van der Waals surface area contributed by atoms with E-state index < -0.39 is 11.8 Å². The third kappa shape index (κ3) is 5.79. The fourth-order valence-corrected chi connectivity index (χ4v) is 4.95. The number of ether oxygens (including phenoxy) is 3. The molecule has 1 fully saturated rings. The zero-order valence-corrected chi connectivity index (χ0v) is 24.6. The van der Waals surface area contributed by atoms with Crippen molar-refractivity contribution in [2.24, 2.45) is 7.05 Å². The lowest BCUT2D eigenvalue weighted by atomic mass is 10.0. The topological polar surface area (TPSA) is 94.9 Å². The van der Waals surface area contributed by atoms with Crippen LogP contribution in [-0.2, 0) is 16.6 Å². The fourth-order valence-electron chi connectivity index (χ4n) is 4.66.